The molecule has 10 nitrogen and oxygen atoms in total. The normalized spacial score (nSPS) is 13.9. The second-order valence-corrected chi connectivity index (χ2v) is 15.6. The number of aryl methyl sites for hydroxylation is 1. The Hall–Kier alpha value is -4.60. The van der Waals surface area contributed by atoms with Crippen LogP contribution < -0.4 is 20.1 Å². The molecule has 2 heterocycles. The Morgan fingerprint density at radius 3 is 2.20 bits per heavy atom. The van der Waals surface area contributed by atoms with Crippen LogP contribution in [0.3, 0.4) is 0 Å². The van der Waals surface area contributed by atoms with Crippen LogP contribution in [0.25, 0.3) is 0 Å². The molecule has 270 valence electrons. The van der Waals surface area contributed by atoms with Crippen LogP contribution in [0, 0.1) is 18.8 Å². The van der Waals surface area contributed by atoms with Crippen molar-refractivity contribution in [1.82, 2.24) is 9.88 Å². The predicted molar refractivity (Wildman–Crippen MR) is 197 cm³/mol. The van der Waals surface area contributed by atoms with Crippen LogP contribution in [0.5, 0.6) is 17.2 Å². The minimum Gasteiger partial charge on any atom is -0.492 e. The van der Waals surface area contributed by atoms with Crippen molar-refractivity contribution in [3.8, 4) is 17.2 Å². The average molecular weight is 687 g/mol. The molecule has 0 saturated carbocycles. The van der Waals surface area contributed by atoms with Gasteiger partial charge in [-0.05, 0) is 106 Å². The molecule has 1 aromatic heterocycles. The van der Waals surface area contributed by atoms with Gasteiger partial charge in [0.2, 0.25) is 5.91 Å². The number of methoxy groups -OCH3 is 1. The molecule has 0 aliphatic carbocycles. The fourth-order valence-electron chi connectivity index (χ4n) is 5.79. The molecule has 0 bridgehead atoms. The van der Waals surface area contributed by atoms with Crippen molar-refractivity contribution in [2.75, 3.05) is 30.8 Å². The molecule has 0 spiro atoms. The number of carbonyl (C=O) groups excluding carboxylic acids is 3. The highest BCUT2D eigenvalue weighted by molar-refractivity contribution is 6.06. The number of pyridine rings is 1. The SMILES string of the molecule is COc1c(NC(=O)CC(C)C)cc(C(C)(C)C)cc1NC(=O)c1ccc(C)c(Oc2ccnc(CC3CCN(C(=O)OC(C)(C)C)CC3)c2)c1. The zero-order valence-electron chi connectivity index (χ0n) is 31.4. The number of carbonyl (C=O) groups is 3. The first-order chi connectivity index (χ1) is 23.4. The van der Waals surface area contributed by atoms with E-state index >= 15 is 0 Å². The minimum atomic E-state index is -0.511. The highest BCUT2D eigenvalue weighted by Gasteiger charge is 2.27. The summed E-state index contributed by atoms with van der Waals surface area (Å²) in [6.45, 7) is 19.1. The lowest BCUT2D eigenvalue weighted by molar-refractivity contribution is -0.116. The van der Waals surface area contributed by atoms with E-state index < -0.39 is 5.60 Å². The lowest BCUT2D eigenvalue weighted by Gasteiger charge is -2.33. The van der Waals surface area contributed by atoms with E-state index in [0.29, 0.717) is 59.6 Å². The predicted octanol–water partition coefficient (Wildman–Crippen LogP) is 8.91. The van der Waals surface area contributed by atoms with Gasteiger partial charge in [0.25, 0.3) is 5.91 Å². The summed E-state index contributed by atoms with van der Waals surface area (Å²) in [5.41, 5.74) is 3.33. The fraction of sp³-hybridized carbons (Fsp3) is 0.500. The van der Waals surface area contributed by atoms with Crippen LogP contribution >= 0.6 is 0 Å². The monoisotopic (exact) mass is 686 g/mol. The van der Waals surface area contributed by atoms with Gasteiger partial charge in [-0.25, -0.2) is 4.79 Å². The number of nitrogens with zero attached hydrogens (tertiary/aromatic N) is 2. The third kappa shape index (κ3) is 10.7. The summed E-state index contributed by atoms with van der Waals surface area (Å²) in [4.78, 5) is 45.3. The Balaban J connectivity index is 1.48. The van der Waals surface area contributed by atoms with Gasteiger partial charge in [0, 0.05) is 43.0 Å². The molecule has 2 N–H and O–H groups in total. The van der Waals surface area contributed by atoms with Gasteiger partial charge in [-0.2, -0.15) is 0 Å². The number of hydrogen-bond donors (Lipinski definition) is 2. The molecular weight excluding hydrogens is 632 g/mol. The van der Waals surface area contributed by atoms with Gasteiger partial charge in [-0.1, -0.05) is 40.7 Å². The van der Waals surface area contributed by atoms with Crippen LogP contribution in [-0.4, -0.2) is 53.6 Å². The minimum absolute atomic E-state index is 0.121. The molecule has 50 heavy (non-hydrogen) atoms. The summed E-state index contributed by atoms with van der Waals surface area (Å²) in [7, 11) is 1.52. The first-order valence-corrected chi connectivity index (χ1v) is 17.5. The quantitative estimate of drug-likeness (QED) is 0.219. The maximum atomic E-state index is 13.7. The van der Waals surface area contributed by atoms with Crippen molar-refractivity contribution in [2.24, 2.45) is 11.8 Å². The Bertz CT molecular complexity index is 1680. The summed E-state index contributed by atoms with van der Waals surface area (Å²) in [5.74, 6) is 1.69. The zero-order chi connectivity index (χ0) is 36.8. The van der Waals surface area contributed by atoms with Gasteiger partial charge in [0.1, 0.15) is 17.1 Å². The van der Waals surface area contributed by atoms with Crippen LogP contribution in [-0.2, 0) is 21.4 Å². The third-order valence-electron chi connectivity index (χ3n) is 8.51. The van der Waals surface area contributed by atoms with Crippen molar-refractivity contribution in [3.05, 3.63) is 71.0 Å². The molecule has 0 atom stereocenters. The fourth-order valence-corrected chi connectivity index (χ4v) is 5.79. The highest BCUT2D eigenvalue weighted by atomic mass is 16.6. The van der Waals surface area contributed by atoms with Crippen molar-refractivity contribution in [3.63, 3.8) is 0 Å². The van der Waals surface area contributed by atoms with E-state index in [4.69, 9.17) is 14.2 Å². The van der Waals surface area contributed by atoms with E-state index in [1.54, 1.807) is 29.3 Å². The molecule has 1 saturated heterocycles. The summed E-state index contributed by atoms with van der Waals surface area (Å²) in [6, 6.07) is 12.9. The van der Waals surface area contributed by atoms with Crippen LogP contribution in [0.15, 0.2) is 48.7 Å². The lowest BCUT2D eigenvalue weighted by atomic mass is 9.86. The number of anilines is 2. The number of amides is 3. The van der Waals surface area contributed by atoms with E-state index in [2.05, 4.69) is 36.4 Å². The molecule has 2 aromatic carbocycles. The number of nitrogens with one attached hydrogen (secondary N) is 2. The van der Waals surface area contributed by atoms with Gasteiger partial charge in [-0.15, -0.1) is 0 Å². The van der Waals surface area contributed by atoms with Gasteiger partial charge in [0.15, 0.2) is 5.75 Å². The van der Waals surface area contributed by atoms with E-state index in [0.717, 1.165) is 36.1 Å². The smallest absolute Gasteiger partial charge is 0.410 e. The first kappa shape index (κ1) is 38.2. The number of rotatable bonds is 10. The molecule has 4 rings (SSSR count). The number of hydrogen-bond acceptors (Lipinski definition) is 7. The zero-order valence-corrected chi connectivity index (χ0v) is 31.4. The Morgan fingerprint density at radius 2 is 1.60 bits per heavy atom. The Morgan fingerprint density at radius 1 is 0.940 bits per heavy atom. The van der Waals surface area contributed by atoms with Crippen LogP contribution in [0.4, 0.5) is 16.2 Å². The summed E-state index contributed by atoms with van der Waals surface area (Å²) >= 11 is 0. The van der Waals surface area contributed by atoms with E-state index in [1.807, 2.05) is 65.8 Å². The highest BCUT2D eigenvalue weighted by Crippen LogP contribution is 2.39. The Labute approximate surface area is 297 Å². The van der Waals surface area contributed by atoms with Gasteiger partial charge in [0.05, 0.1) is 18.5 Å². The molecule has 10 heteroatoms. The molecule has 0 radical (unpaired) electrons. The van der Waals surface area contributed by atoms with E-state index in [1.165, 1.54) is 7.11 Å². The van der Waals surface area contributed by atoms with Gasteiger partial charge >= 0.3 is 6.09 Å². The van der Waals surface area contributed by atoms with E-state index in [9.17, 15) is 14.4 Å². The summed E-state index contributed by atoms with van der Waals surface area (Å²) in [6.07, 6.45) is 4.36. The molecule has 1 fully saturated rings. The van der Waals surface area contributed by atoms with E-state index in [-0.39, 0.29) is 29.2 Å². The summed E-state index contributed by atoms with van der Waals surface area (Å²) in [5, 5.41) is 6.00. The summed E-state index contributed by atoms with van der Waals surface area (Å²) < 4.78 is 17.6. The molecule has 3 amide bonds. The molecule has 1 aliphatic rings. The molecule has 0 unspecified atom stereocenters. The number of benzene rings is 2. The number of aromatic nitrogens is 1. The maximum Gasteiger partial charge on any atom is 0.410 e. The number of ether oxygens (including phenoxy) is 3. The molecular formula is C40H54N4O6. The van der Waals surface area contributed by atoms with Crippen LogP contribution in [0.2, 0.25) is 0 Å². The van der Waals surface area contributed by atoms with Crippen molar-refractivity contribution in [2.45, 2.75) is 99.0 Å². The standard InChI is InChI=1S/C40H54N4O6/c1-25(2)19-35(45)42-32-22-29(39(4,5)6)23-33(36(32)48-10)43-37(46)28-12-11-26(3)34(21-28)49-31-13-16-41-30(24-31)20-27-14-17-44(18-15-27)38(47)50-40(7,8)9/h11-13,16,21-25,27H,14-15,17-20H2,1-10H3,(H,42,45)(H,43,46). The number of likely N-dealkylation sites (tertiary alicyclic amines) is 1. The third-order valence-corrected chi connectivity index (χ3v) is 8.51. The van der Waals surface area contributed by atoms with Crippen molar-refractivity contribution < 1.29 is 28.6 Å². The van der Waals surface area contributed by atoms with Crippen molar-refractivity contribution >= 4 is 29.3 Å². The largest absolute Gasteiger partial charge is 0.492 e. The molecule has 3 aromatic rings. The van der Waals surface area contributed by atoms with Gasteiger partial charge in [-0.3, -0.25) is 14.6 Å². The molecule has 1 aliphatic heterocycles. The second-order valence-electron chi connectivity index (χ2n) is 15.6. The number of piperidine rings is 1. The van der Waals surface area contributed by atoms with Crippen LogP contribution in [0.1, 0.15) is 102 Å². The van der Waals surface area contributed by atoms with Gasteiger partial charge < -0.3 is 29.7 Å². The maximum absolute atomic E-state index is 13.7. The Kier molecular flexibility index (Phi) is 12.2. The first-order valence-electron chi connectivity index (χ1n) is 17.5. The topological polar surface area (TPSA) is 119 Å². The lowest BCUT2D eigenvalue weighted by Crippen LogP contribution is -2.42. The second kappa shape index (κ2) is 16.0. The average Bonchev–Trinajstić information content (AvgIpc) is 3.01. The van der Waals surface area contributed by atoms with Crippen molar-refractivity contribution in [1.29, 1.82) is 0 Å².